The normalized spacial score (nSPS) is 11.4. The van der Waals surface area contributed by atoms with Crippen LogP contribution in [0.25, 0.3) is 16.9 Å². The summed E-state index contributed by atoms with van der Waals surface area (Å²) < 4.78 is 8.12. The van der Waals surface area contributed by atoms with Gasteiger partial charge in [-0.3, -0.25) is 0 Å². The zero-order valence-electron chi connectivity index (χ0n) is 18.2. The van der Waals surface area contributed by atoms with Crippen LogP contribution in [0.4, 0.5) is 0 Å². The highest BCUT2D eigenvalue weighted by molar-refractivity contribution is 5.66. The highest BCUT2D eigenvalue weighted by Gasteiger charge is 2.10. The van der Waals surface area contributed by atoms with Gasteiger partial charge in [-0.15, -0.1) is 0 Å². The van der Waals surface area contributed by atoms with E-state index in [1.54, 1.807) is 0 Å². The van der Waals surface area contributed by atoms with Crippen LogP contribution in [0.5, 0.6) is 5.75 Å². The lowest BCUT2D eigenvalue weighted by Crippen LogP contribution is -2.28. The second-order valence-electron chi connectivity index (χ2n) is 7.75. The van der Waals surface area contributed by atoms with Gasteiger partial charge in [0.1, 0.15) is 11.4 Å². The minimum Gasteiger partial charge on any atom is -0.494 e. The van der Waals surface area contributed by atoms with Gasteiger partial charge in [-0.1, -0.05) is 32.8 Å². The first-order chi connectivity index (χ1) is 14.2. The molecule has 2 heterocycles. The van der Waals surface area contributed by atoms with Gasteiger partial charge in [-0.05, 0) is 75.7 Å². The molecule has 1 aromatic carbocycles. The molecule has 4 nitrogen and oxygen atoms in total. The summed E-state index contributed by atoms with van der Waals surface area (Å²) in [6.07, 6.45) is 8.22. The number of aromatic nitrogens is 2. The third kappa shape index (κ3) is 5.83. The first-order valence-corrected chi connectivity index (χ1v) is 11.1. The maximum atomic E-state index is 5.99. The van der Waals surface area contributed by atoms with Gasteiger partial charge in [0.2, 0.25) is 0 Å². The van der Waals surface area contributed by atoms with E-state index in [4.69, 9.17) is 9.72 Å². The molecule has 156 valence electrons. The van der Waals surface area contributed by atoms with Crippen LogP contribution in [0.3, 0.4) is 0 Å². The van der Waals surface area contributed by atoms with Crippen molar-refractivity contribution < 1.29 is 4.74 Å². The Morgan fingerprint density at radius 1 is 0.897 bits per heavy atom. The summed E-state index contributed by atoms with van der Waals surface area (Å²) in [5, 5.41) is 0. The molecule has 0 radical (unpaired) electrons. The van der Waals surface area contributed by atoms with Crippen molar-refractivity contribution in [3.63, 3.8) is 0 Å². The molecule has 4 heteroatoms. The number of benzene rings is 1. The van der Waals surface area contributed by atoms with Gasteiger partial charge >= 0.3 is 0 Å². The molecule has 29 heavy (non-hydrogen) atoms. The molecule has 0 unspecified atom stereocenters. The fourth-order valence-electron chi connectivity index (χ4n) is 3.68. The Labute approximate surface area is 175 Å². The maximum Gasteiger partial charge on any atom is 0.137 e. The second-order valence-corrected chi connectivity index (χ2v) is 7.75. The minimum absolute atomic E-state index is 0.765. The van der Waals surface area contributed by atoms with Crippen molar-refractivity contribution in [2.75, 3.05) is 26.2 Å². The van der Waals surface area contributed by atoms with Crippen molar-refractivity contribution in [3.8, 4) is 17.0 Å². The minimum atomic E-state index is 0.765. The van der Waals surface area contributed by atoms with E-state index in [2.05, 4.69) is 60.5 Å². The summed E-state index contributed by atoms with van der Waals surface area (Å²) >= 11 is 0. The predicted molar refractivity (Wildman–Crippen MR) is 122 cm³/mol. The van der Waals surface area contributed by atoms with E-state index in [0.717, 1.165) is 47.9 Å². The Hall–Kier alpha value is -2.33. The molecule has 0 amide bonds. The number of imidazole rings is 1. The highest BCUT2D eigenvalue weighted by atomic mass is 16.5. The first kappa shape index (κ1) is 21.4. The summed E-state index contributed by atoms with van der Waals surface area (Å²) in [6.45, 7) is 11.0. The lowest BCUT2D eigenvalue weighted by Gasteiger charge is -2.21. The summed E-state index contributed by atoms with van der Waals surface area (Å²) in [4.78, 5) is 7.36. The van der Waals surface area contributed by atoms with Crippen molar-refractivity contribution in [3.05, 3.63) is 54.4 Å². The third-order valence-corrected chi connectivity index (χ3v) is 5.44. The van der Waals surface area contributed by atoms with Crippen molar-refractivity contribution in [2.45, 2.75) is 52.9 Å². The summed E-state index contributed by atoms with van der Waals surface area (Å²) in [6, 6.07) is 14.4. The molecule has 0 aliphatic rings. The Morgan fingerprint density at radius 3 is 2.24 bits per heavy atom. The van der Waals surface area contributed by atoms with Crippen molar-refractivity contribution >= 4 is 5.65 Å². The van der Waals surface area contributed by atoms with Gasteiger partial charge in [0.05, 0.1) is 12.3 Å². The van der Waals surface area contributed by atoms with Gasteiger partial charge < -0.3 is 14.0 Å². The van der Waals surface area contributed by atoms with Crippen LogP contribution in [-0.2, 0) is 0 Å². The van der Waals surface area contributed by atoms with Gasteiger partial charge in [0.15, 0.2) is 0 Å². The van der Waals surface area contributed by atoms with E-state index in [-0.39, 0.29) is 0 Å². The van der Waals surface area contributed by atoms with E-state index in [0.29, 0.717) is 0 Å². The van der Waals surface area contributed by atoms with Crippen molar-refractivity contribution in [1.29, 1.82) is 0 Å². The van der Waals surface area contributed by atoms with Gasteiger partial charge in [-0.2, -0.15) is 0 Å². The summed E-state index contributed by atoms with van der Waals surface area (Å²) in [5.41, 5.74) is 4.30. The van der Waals surface area contributed by atoms with Crippen LogP contribution in [-0.4, -0.2) is 40.5 Å². The third-order valence-electron chi connectivity index (χ3n) is 5.44. The van der Waals surface area contributed by atoms with Gasteiger partial charge in [0.25, 0.3) is 0 Å². The molecule has 0 bridgehead atoms. The number of hydrogen-bond donors (Lipinski definition) is 0. The number of aryl methyl sites for hydroxylation is 1. The molecule has 3 aromatic rings. The fraction of sp³-hybridized carbons (Fsp3) is 0.480. The second kappa shape index (κ2) is 11.0. The van der Waals surface area contributed by atoms with Crippen LogP contribution in [0.15, 0.2) is 48.7 Å². The molecule has 0 saturated heterocycles. The van der Waals surface area contributed by atoms with Crippen LogP contribution >= 0.6 is 0 Å². The van der Waals surface area contributed by atoms with E-state index >= 15 is 0 Å². The molecule has 0 aliphatic carbocycles. The average molecular weight is 394 g/mol. The molecule has 3 rings (SSSR count). The summed E-state index contributed by atoms with van der Waals surface area (Å²) in [7, 11) is 0. The molecule has 0 spiro atoms. The lowest BCUT2D eigenvalue weighted by molar-refractivity contribution is 0.229. The van der Waals surface area contributed by atoms with Crippen LogP contribution in [0.2, 0.25) is 0 Å². The number of pyridine rings is 1. The molecule has 0 saturated carbocycles. The number of unbranched alkanes of at least 4 members (excludes halogenated alkanes) is 2. The van der Waals surface area contributed by atoms with Crippen molar-refractivity contribution in [1.82, 2.24) is 14.3 Å². The number of rotatable bonds is 12. The predicted octanol–water partition coefficient (Wildman–Crippen LogP) is 5.98. The van der Waals surface area contributed by atoms with Gasteiger partial charge in [-0.25, -0.2) is 4.98 Å². The molecule has 0 atom stereocenters. The smallest absolute Gasteiger partial charge is 0.137 e. The number of ether oxygens (including phenoxy) is 1. The zero-order valence-corrected chi connectivity index (χ0v) is 18.2. The Kier molecular flexibility index (Phi) is 8.12. The lowest BCUT2D eigenvalue weighted by atomic mass is 10.1. The Bertz CT molecular complexity index is 861. The number of hydrogen-bond acceptors (Lipinski definition) is 3. The first-order valence-electron chi connectivity index (χ1n) is 11.1. The molecule has 0 fully saturated rings. The molecule has 2 aromatic heterocycles. The Balaban J connectivity index is 1.52. The largest absolute Gasteiger partial charge is 0.494 e. The summed E-state index contributed by atoms with van der Waals surface area (Å²) in [5.74, 6) is 0.934. The highest BCUT2D eigenvalue weighted by Crippen LogP contribution is 2.25. The van der Waals surface area contributed by atoms with Crippen molar-refractivity contribution in [2.24, 2.45) is 0 Å². The molecular formula is C25H35N3O. The molecule has 0 N–H and O–H groups in total. The SMILES string of the molecule is CCCCN(CCCC)CCCOc1ccc(-c2nc3ccccn3c2C)cc1. The number of nitrogens with zero attached hydrogens (tertiary/aromatic N) is 3. The zero-order chi connectivity index (χ0) is 20.5. The van der Waals surface area contributed by atoms with Crippen LogP contribution in [0.1, 0.15) is 51.6 Å². The van der Waals surface area contributed by atoms with Gasteiger partial charge in [0, 0.05) is 24.0 Å². The van der Waals surface area contributed by atoms with Crippen LogP contribution in [0, 0.1) is 6.92 Å². The monoisotopic (exact) mass is 393 g/mol. The molecule has 0 aliphatic heterocycles. The quantitative estimate of drug-likeness (QED) is 0.355. The van der Waals surface area contributed by atoms with E-state index in [9.17, 15) is 0 Å². The fourth-order valence-corrected chi connectivity index (χ4v) is 3.68. The van der Waals surface area contributed by atoms with Crippen LogP contribution < -0.4 is 4.74 Å². The van der Waals surface area contributed by atoms with E-state index in [1.807, 2.05) is 18.2 Å². The maximum absolute atomic E-state index is 5.99. The standard InChI is InChI=1S/C25H35N3O/c1-4-6-16-27(17-7-5-2)18-10-20-29-23-14-12-22(13-15-23)25-21(3)28-19-9-8-11-24(28)26-25/h8-9,11-15,19H,4-7,10,16-18,20H2,1-3H3. The average Bonchev–Trinajstić information content (AvgIpc) is 3.09. The Morgan fingerprint density at radius 2 is 1.59 bits per heavy atom. The topological polar surface area (TPSA) is 29.8 Å². The molecular weight excluding hydrogens is 358 g/mol. The van der Waals surface area contributed by atoms with E-state index in [1.165, 1.54) is 38.8 Å². The number of fused-ring (bicyclic) bond motifs is 1. The van der Waals surface area contributed by atoms with E-state index < -0.39 is 0 Å².